The number of guanidine groups is 1. The van der Waals surface area contributed by atoms with Gasteiger partial charge in [-0.15, -0.1) is 24.0 Å². The van der Waals surface area contributed by atoms with Gasteiger partial charge in [0.05, 0.1) is 6.04 Å². The first kappa shape index (κ1) is 16.3. The average Bonchev–Trinajstić information content (AvgIpc) is 3.10. The Balaban J connectivity index is 0.00000180. The molecule has 0 aliphatic heterocycles. The van der Waals surface area contributed by atoms with Crippen LogP contribution in [0.15, 0.2) is 29.3 Å². The molecule has 1 aliphatic carbocycles. The first-order chi connectivity index (χ1) is 8.67. The third-order valence-electron chi connectivity index (χ3n) is 3.73. The van der Waals surface area contributed by atoms with E-state index in [0.29, 0.717) is 17.9 Å². The summed E-state index contributed by atoms with van der Waals surface area (Å²) in [4.78, 5) is 6.75. The molecule has 2 unspecified atom stereocenters. The maximum absolute atomic E-state index is 6.03. The Kier molecular flexibility index (Phi) is 6.10. The number of nitrogens with two attached hydrogens (primary N) is 1. The first-order valence-corrected chi connectivity index (χ1v) is 6.81. The van der Waals surface area contributed by atoms with Crippen LogP contribution in [0.4, 0.5) is 0 Å². The minimum Gasteiger partial charge on any atom is -0.370 e. The Bertz CT molecular complexity index is 441. The summed E-state index contributed by atoms with van der Waals surface area (Å²) in [6.45, 7) is 8.23. The van der Waals surface area contributed by atoms with E-state index in [1.165, 1.54) is 11.1 Å². The van der Waals surface area contributed by atoms with E-state index in [2.05, 4.69) is 54.9 Å². The van der Waals surface area contributed by atoms with E-state index in [9.17, 15) is 0 Å². The largest absolute Gasteiger partial charge is 0.370 e. The SMILES string of the molecule is CCN(CC)C(N)=NC1CC1c1ccccc1C.I. The zero-order chi connectivity index (χ0) is 13.1. The number of nitrogens with zero attached hydrogens (tertiary/aromatic N) is 2. The summed E-state index contributed by atoms with van der Waals surface area (Å²) in [5.41, 5.74) is 8.83. The molecule has 0 spiro atoms. The van der Waals surface area contributed by atoms with Crippen LogP contribution in [0.3, 0.4) is 0 Å². The zero-order valence-corrected chi connectivity index (χ0v) is 14.3. The van der Waals surface area contributed by atoms with Crippen LogP contribution >= 0.6 is 24.0 Å². The third kappa shape index (κ3) is 3.84. The van der Waals surface area contributed by atoms with Crippen LogP contribution in [0, 0.1) is 6.92 Å². The van der Waals surface area contributed by atoms with Crippen molar-refractivity contribution >= 4 is 29.9 Å². The van der Waals surface area contributed by atoms with E-state index < -0.39 is 0 Å². The van der Waals surface area contributed by atoms with Crippen molar-refractivity contribution in [1.29, 1.82) is 0 Å². The smallest absolute Gasteiger partial charge is 0.191 e. The minimum absolute atomic E-state index is 0. The van der Waals surface area contributed by atoms with Gasteiger partial charge in [-0.05, 0) is 38.3 Å². The molecule has 1 fully saturated rings. The van der Waals surface area contributed by atoms with E-state index in [1.54, 1.807) is 0 Å². The molecule has 0 heterocycles. The number of rotatable bonds is 4. The summed E-state index contributed by atoms with van der Waals surface area (Å²) in [6, 6.07) is 8.95. The van der Waals surface area contributed by atoms with E-state index >= 15 is 0 Å². The summed E-state index contributed by atoms with van der Waals surface area (Å²) in [6.07, 6.45) is 1.13. The zero-order valence-electron chi connectivity index (χ0n) is 12.0. The van der Waals surface area contributed by atoms with Gasteiger partial charge in [0.25, 0.3) is 0 Å². The Morgan fingerprint density at radius 1 is 1.32 bits per heavy atom. The third-order valence-corrected chi connectivity index (χ3v) is 3.73. The second-order valence-corrected chi connectivity index (χ2v) is 4.93. The fourth-order valence-corrected chi connectivity index (χ4v) is 2.46. The molecule has 1 saturated carbocycles. The summed E-state index contributed by atoms with van der Waals surface area (Å²) >= 11 is 0. The van der Waals surface area contributed by atoms with Crippen LogP contribution in [0.2, 0.25) is 0 Å². The molecule has 0 bridgehead atoms. The topological polar surface area (TPSA) is 41.6 Å². The van der Waals surface area contributed by atoms with Crippen molar-refractivity contribution in [2.75, 3.05) is 13.1 Å². The molecule has 0 saturated heterocycles. The van der Waals surface area contributed by atoms with Gasteiger partial charge in [0.2, 0.25) is 0 Å². The highest BCUT2D eigenvalue weighted by molar-refractivity contribution is 14.0. The van der Waals surface area contributed by atoms with E-state index in [0.717, 1.165) is 19.5 Å². The Labute approximate surface area is 133 Å². The van der Waals surface area contributed by atoms with Gasteiger partial charge in [-0.25, -0.2) is 4.99 Å². The second-order valence-electron chi connectivity index (χ2n) is 4.93. The molecule has 0 aromatic heterocycles. The second kappa shape index (κ2) is 7.12. The minimum atomic E-state index is 0. The van der Waals surface area contributed by atoms with Crippen molar-refractivity contribution in [3.63, 3.8) is 0 Å². The molecule has 2 atom stereocenters. The predicted molar refractivity (Wildman–Crippen MR) is 92.3 cm³/mol. The molecule has 0 radical (unpaired) electrons. The summed E-state index contributed by atoms with van der Waals surface area (Å²) in [7, 11) is 0. The molecule has 0 amide bonds. The molecule has 2 rings (SSSR count). The lowest BCUT2D eigenvalue weighted by atomic mass is 10.0. The summed E-state index contributed by atoms with van der Waals surface area (Å²) < 4.78 is 0. The first-order valence-electron chi connectivity index (χ1n) is 6.81. The Morgan fingerprint density at radius 2 is 1.95 bits per heavy atom. The van der Waals surface area contributed by atoms with Crippen molar-refractivity contribution < 1.29 is 0 Å². The van der Waals surface area contributed by atoms with Gasteiger partial charge in [-0.1, -0.05) is 24.3 Å². The maximum Gasteiger partial charge on any atom is 0.191 e. The van der Waals surface area contributed by atoms with Gasteiger partial charge >= 0.3 is 0 Å². The highest BCUT2D eigenvalue weighted by Crippen LogP contribution is 2.44. The summed E-state index contributed by atoms with van der Waals surface area (Å²) in [5.74, 6) is 1.27. The lowest BCUT2D eigenvalue weighted by Crippen LogP contribution is -2.37. The van der Waals surface area contributed by atoms with Crippen LogP contribution in [-0.4, -0.2) is 30.0 Å². The van der Waals surface area contributed by atoms with Gasteiger partial charge < -0.3 is 10.6 Å². The number of aryl methyl sites for hydroxylation is 1. The van der Waals surface area contributed by atoms with Crippen molar-refractivity contribution in [1.82, 2.24) is 4.90 Å². The van der Waals surface area contributed by atoms with Gasteiger partial charge in [0.15, 0.2) is 5.96 Å². The number of hydrogen-bond donors (Lipinski definition) is 1. The number of hydrogen-bond acceptors (Lipinski definition) is 1. The highest BCUT2D eigenvalue weighted by Gasteiger charge is 2.39. The van der Waals surface area contributed by atoms with Crippen LogP contribution in [0.5, 0.6) is 0 Å². The predicted octanol–water partition coefficient (Wildman–Crippen LogP) is 3.13. The van der Waals surface area contributed by atoms with Crippen molar-refractivity contribution in [2.24, 2.45) is 10.7 Å². The molecule has 4 heteroatoms. The van der Waals surface area contributed by atoms with Crippen LogP contribution in [-0.2, 0) is 0 Å². The van der Waals surface area contributed by atoms with E-state index in [1.807, 2.05) is 0 Å². The molecular weight excluding hydrogens is 349 g/mol. The Morgan fingerprint density at radius 3 is 2.53 bits per heavy atom. The van der Waals surface area contributed by atoms with Crippen LogP contribution < -0.4 is 5.73 Å². The van der Waals surface area contributed by atoms with E-state index in [-0.39, 0.29) is 24.0 Å². The highest BCUT2D eigenvalue weighted by atomic mass is 127. The van der Waals surface area contributed by atoms with Crippen LogP contribution in [0.25, 0.3) is 0 Å². The Hall–Kier alpha value is -0.780. The molecule has 106 valence electrons. The molecule has 19 heavy (non-hydrogen) atoms. The van der Waals surface area contributed by atoms with Gasteiger partial charge in [0.1, 0.15) is 0 Å². The molecular formula is C15H24IN3. The van der Waals surface area contributed by atoms with Gasteiger partial charge in [-0.3, -0.25) is 0 Å². The standard InChI is InChI=1S/C15H23N3.HI/c1-4-18(5-2)15(16)17-14-10-13(14)12-9-7-6-8-11(12)3;/h6-9,13-14H,4-5,10H2,1-3H3,(H2,16,17);1H. The van der Waals surface area contributed by atoms with Crippen molar-refractivity contribution in [3.05, 3.63) is 35.4 Å². The van der Waals surface area contributed by atoms with Crippen molar-refractivity contribution in [2.45, 2.75) is 39.2 Å². The number of benzene rings is 1. The molecule has 1 aliphatic rings. The van der Waals surface area contributed by atoms with Gasteiger partial charge in [0, 0.05) is 19.0 Å². The molecule has 1 aromatic carbocycles. The van der Waals surface area contributed by atoms with Gasteiger partial charge in [-0.2, -0.15) is 0 Å². The number of halogens is 1. The lowest BCUT2D eigenvalue weighted by Gasteiger charge is -2.19. The quantitative estimate of drug-likeness (QED) is 0.501. The maximum atomic E-state index is 6.03. The van der Waals surface area contributed by atoms with Crippen molar-refractivity contribution in [3.8, 4) is 0 Å². The monoisotopic (exact) mass is 373 g/mol. The van der Waals surface area contributed by atoms with Crippen LogP contribution in [0.1, 0.15) is 37.3 Å². The lowest BCUT2D eigenvalue weighted by molar-refractivity contribution is 0.458. The molecule has 3 nitrogen and oxygen atoms in total. The molecule has 1 aromatic rings. The average molecular weight is 373 g/mol. The molecule has 2 N–H and O–H groups in total. The fourth-order valence-electron chi connectivity index (χ4n) is 2.46. The number of aliphatic imine (C=N–C) groups is 1. The summed E-state index contributed by atoms with van der Waals surface area (Å²) in [5, 5.41) is 0. The fraction of sp³-hybridized carbons (Fsp3) is 0.533. The van der Waals surface area contributed by atoms with E-state index in [4.69, 9.17) is 5.73 Å². The normalized spacial score (nSPS) is 21.7.